The van der Waals surface area contributed by atoms with Gasteiger partial charge in [0.2, 0.25) is 0 Å². The zero-order chi connectivity index (χ0) is 7.94. The van der Waals surface area contributed by atoms with E-state index >= 15 is 0 Å². The molecule has 0 nitrogen and oxygen atoms in total. The summed E-state index contributed by atoms with van der Waals surface area (Å²) in [6.45, 7) is 3.80. The summed E-state index contributed by atoms with van der Waals surface area (Å²) in [5.74, 6) is 2.28. The first-order chi connectivity index (χ1) is 5.43. The van der Waals surface area contributed by atoms with Crippen LogP contribution >= 0.6 is 11.8 Å². The molecular formula is C10H14LiS. The number of hydrogen-bond acceptors (Lipinski definition) is 1. The summed E-state index contributed by atoms with van der Waals surface area (Å²) in [5, 5.41) is 0. The molecule has 1 rings (SSSR count). The van der Waals surface area contributed by atoms with Crippen LogP contribution in [-0.2, 0) is 5.75 Å². The van der Waals surface area contributed by atoms with E-state index in [1.54, 1.807) is 0 Å². The van der Waals surface area contributed by atoms with E-state index in [0.29, 0.717) is 0 Å². The molecular weight excluding hydrogens is 159 g/mol. The summed E-state index contributed by atoms with van der Waals surface area (Å²) in [6, 6.07) is 10.5. The van der Waals surface area contributed by atoms with Gasteiger partial charge in [-0.2, -0.15) is 11.8 Å². The number of thioether (sulfide) groups is 1. The van der Waals surface area contributed by atoms with E-state index < -0.39 is 0 Å². The van der Waals surface area contributed by atoms with Crippen LogP contribution in [0, 0.1) is 6.92 Å². The molecule has 0 aromatic heterocycles. The van der Waals surface area contributed by atoms with Crippen molar-refractivity contribution < 1.29 is 0 Å². The summed E-state index contributed by atoms with van der Waals surface area (Å²) in [6.07, 6.45) is 1.03. The molecule has 1 radical (unpaired) electrons. The third-order valence-electron chi connectivity index (χ3n) is 1.40. The SMILES string of the molecule is [CH2]CCSCc1ccccc1.[LiH]. The Balaban J connectivity index is 0.00000121. The molecule has 0 saturated carbocycles. The maximum atomic E-state index is 3.80. The van der Waals surface area contributed by atoms with Gasteiger partial charge >= 0.3 is 18.9 Å². The van der Waals surface area contributed by atoms with E-state index in [9.17, 15) is 0 Å². The fraction of sp³-hybridized carbons (Fsp3) is 0.300. The van der Waals surface area contributed by atoms with Gasteiger partial charge in [0, 0.05) is 5.75 Å². The Morgan fingerprint density at radius 3 is 2.42 bits per heavy atom. The molecule has 61 valence electrons. The fourth-order valence-electron chi connectivity index (χ4n) is 0.866. The second-order valence-corrected chi connectivity index (χ2v) is 3.50. The Hall–Kier alpha value is 0.167. The van der Waals surface area contributed by atoms with E-state index in [0.717, 1.165) is 17.9 Å². The Morgan fingerprint density at radius 1 is 1.17 bits per heavy atom. The van der Waals surface area contributed by atoms with Crippen molar-refractivity contribution in [3.05, 3.63) is 42.8 Å². The first-order valence-corrected chi connectivity index (χ1v) is 5.00. The van der Waals surface area contributed by atoms with E-state index in [2.05, 4.69) is 37.3 Å². The molecule has 0 aliphatic carbocycles. The van der Waals surface area contributed by atoms with E-state index in [1.165, 1.54) is 5.56 Å². The van der Waals surface area contributed by atoms with Gasteiger partial charge < -0.3 is 0 Å². The van der Waals surface area contributed by atoms with E-state index in [-0.39, 0.29) is 18.9 Å². The standard InChI is InChI=1S/C10H13S.Li.H/c1-2-8-11-9-10-6-4-3-5-7-10;;/h3-7H,1-2,8-9H2;;. The van der Waals surface area contributed by atoms with Gasteiger partial charge in [0.05, 0.1) is 0 Å². The van der Waals surface area contributed by atoms with Gasteiger partial charge in [0.1, 0.15) is 0 Å². The zero-order valence-corrected chi connectivity index (χ0v) is 7.44. The quantitative estimate of drug-likeness (QED) is 0.498. The van der Waals surface area contributed by atoms with Gasteiger partial charge in [-0.15, -0.1) is 0 Å². The normalized spacial score (nSPS) is 9.08. The molecule has 0 aliphatic rings. The van der Waals surface area contributed by atoms with Gasteiger partial charge in [-0.05, 0) is 17.7 Å². The molecule has 0 N–H and O–H groups in total. The van der Waals surface area contributed by atoms with Crippen LogP contribution in [0.4, 0.5) is 0 Å². The minimum absolute atomic E-state index is 0. The van der Waals surface area contributed by atoms with Crippen LogP contribution in [0.5, 0.6) is 0 Å². The molecule has 0 amide bonds. The molecule has 1 aromatic rings. The van der Waals surface area contributed by atoms with Crippen molar-refractivity contribution in [1.29, 1.82) is 0 Å². The number of benzene rings is 1. The van der Waals surface area contributed by atoms with Gasteiger partial charge in [0.25, 0.3) is 0 Å². The summed E-state index contributed by atoms with van der Waals surface area (Å²) < 4.78 is 0. The molecule has 0 aliphatic heterocycles. The van der Waals surface area contributed by atoms with Crippen LogP contribution in [0.1, 0.15) is 12.0 Å². The molecule has 0 heterocycles. The number of hydrogen-bond donors (Lipinski definition) is 0. The van der Waals surface area contributed by atoms with Gasteiger partial charge in [-0.3, -0.25) is 0 Å². The zero-order valence-electron chi connectivity index (χ0n) is 6.62. The molecule has 0 fully saturated rings. The second kappa shape index (κ2) is 7.80. The summed E-state index contributed by atoms with van der Waals surface area (Å²) in [4.78, 5) is 0. The predicted octanol–water partition coefficient (Wildman–Crippen LogP) is 2.50. The molecule has 0 unspecified atom stereocenters. The summed E-state index contributed by atoms with van der Waals surface area (Å²) in [5.41, 5.74) is 1.41. The average Bonchev–Trinajstić information content (AvgIpc) is 2.07. The van der Waals surface area contributed by atoms with E-state index in [4.69, 9.17) is 0 Å². The van der Waals surface area contributed by atoms with Crippen LogP contribution in [0.15, 0.2) is 30.3 Å². The Labute approximate surface area is 91.3 Å². The van der Waals surface area contributed by atoms with Crippen LogP contribution in [0.3, 0.4) is 0 Å². The first kappa shape index (κ1) is 12.2. The Bertz CT molecular complexity index is 186. The van der Waals surface area contributed by atoms with Crippen molar-refractivity contribution in [2.75, 3.05) is 5.75 Å². The molecule has 0 bridgehead atoms. The molecule has 0 saturated heterocycles. The first-order valence-electron chi connectivity index (χ1n) is 3.84. The van der Waals surface area contributed by atoms with Crippen molar-refractivity contribution in [3.63, 3.8) is 0 Å². The molecule has 0 spiro atoms. The third-order valence-corrected chi connectivity index (χ3v) is 2.52. The summed E-state index contributed by atoms with van der Waals surface area (Å²) in [7, 11) is 0. The van der Waals surface area contributed by atoms with Crippen LogP contribution in [0.2, 0.25) is 0 Å². The van der Waals surface area contributed by atoms with Crippen molar-refractivity contribution >= 4 is 30.6 Å². The molecule has 2 heteroatoms. The van der Waals surface area contributed by atoms with Crippen LogP contribution < -0.4 is 0 Å². The van der Waals surface area contributed by atoms with Crippen LogP contribution in [-0.4, -0.2) is 24.6 Å². The molecule has 1 aromatic carbocycles. The number of rotatable bonds is 4. The average molecular weight is 173 g/mol. The summed E-state index contributed by atoms with van der Waals surface area (Å²) >= 11 is 1.94. The maximum absolute atomic E-state index is 3.80. The fourth-order valence-corrected chi connectivity index (χ4v) is 1.64. The van der Waals surface area contributed by atoms with E-state index in [1.807, 2.05) is 11.8 Å². The third kappa shape index (κ3) is 4.93. The van der Waals surface area contributed by atoms with Crippen molar-refractivity contribution in [2.45, 2.75) is 12.2 Å². The monoisotopic (exact) mass is 173 g/mol. The van der Waals surface area contributed by atoms with Crippen molar-refractivity contribution in [3.8, 4) is 0 Å². The molecule has 0 atom stereocenters. The van der Waals surface area contributed by atoms with Crippen molar-refractivity contribution in [1.82, 2.24) is 0 Å². The minimum atomic E-state index is 0. The Morgan fingerprint density at radius 2 is 1.83 bits per heavy atom. The predicted molar refractivity (Wildman–Crippen MR) is 59.7 cm³/mol. The topological polar surface area (TPSA) is 0 Å². The van der Waals surface area contributed by atoms with Gasteiger partial charge in [0.15, 0.2) is 0 Å². The Kier molecular flexibility index (Phi) is 7.91. The van der Waals surface area contributed by atoms with Gasteiger partial charge in [-0.25, -0.2) is 0 Å². The van der Waals surface area contributed by atoms with Gasteiger partial charge in [-0.1, -0.05) is 37.3 Å². The van der Waals surface area contributed by atoms with Crippen LogP contribution in [0.25, 0.3) is 0 Å². The second-order valence-electron chi connectivity index (χ2n) is 2.39. The van der Waals surface area contributed by atoms with Crippen molar-refractivity contribution in [2.24, 2.45) is 0 Å². The molecule has 12 heavy (non-hydrogen) atoms.